The number of rotatable bonds is 6. The van der Waals surface area contributed by atoms with Gasteiger partial charge in [-0.3, -0.25) is 4.79 Å². The summed E-state index contributed by atoms with van der Waals surface area (Å²) in [6.07, 6.45) is 0.508. The third kappa shape index (κ3) is 3.69. The van der Waals surface area contributed by atoms with E-state index >= 15 is 0 Å². The highest BCUT2D eigenvalue weighted by atomic mass is 35.5. The predicted octanol–water partition coefficient (Wildman–Crippen LogP) is 4.82. The molecule has 1 aromatic heterocycles. The number of carboxylic acid groups (broad SMARTS) is 1. The Balaban J connectivity index is 2.12. The van der Waals surface area contributed by atoms with Gasteiger partial charge in [0.15, 0.2) is 0 Å². The molecule has 0 unspecified atom stereocenters. The fourth-order valence-corrected chi connectivity index (χ4v) is 3.09. The van der Waals surface area contributed by atoms with Crippen molar-refractivity contribution < 1.29 is 14.6 Å². The topological polar surface area (TPSA) is 51.5 Å². The molecule has 0 amide bonds. The number of nitrogens with zero attached hydrogens (tertiary/aromatic N) is 1. The van der Waals surface area contributed by atoms with Crippen LogP contribution in [0, 0.1) is 0 Å². The molecule has 0 saturated carbocycles. The van der Waals surface area contributed by atoms with Crippen molar-refractivity contribution in [1.82, 2.24) is 4.57 Å². The molecular weight excluding hydrogens is 338 g/mol. The molecule has 0 bridgehead atoms. The van der Waals surface area contributed by atoms with Gasteiger partial charge in [-0.15, -0.1) is 0 Å². The number of carboxylic acids is 1. The molecule has 3 aromatic rings. The summed E-state index contributed by atoms with van der Waals surface area (Å²) in [7, 11) is 1.57. The van der Waals surface area contributed by atoms with E-state index in [9.17, 15) is 4.79 Å². The Morgan fingerprint density at radius 3 is 2.52 bits per heavy atom. The number of aromatic nitrogens is 1. The van der Waals surface area contributed by atoms with Crippen molar-refractivity contribution in [2.45, 2.75) is 12.8 Å². The summed E-state index contributed by atoms with van der Waals surface area (Å²) in [4.78, 5) is 11.0. The lowest BCUT2D eigenvalue weighted by atomic mass is 10.1. The van der Waals surface area contributed by atoms with Crippen LogP contribution >= 0.6 is 11.6 Å². The van der Waals surface area contributed by atoms with E-state index in [4.69, 9.17) is 21.4 Å². The minimum absolute atomic E-state index is 0.0716. The van der Waals surface area contributed by atoms with Crippen molar-refractivity contribution in [3.63, 3.8) is 0 Å². The van der Waals surface area contributed by atoms with Gasteiger partial charge in [0, 0.05) is 11.4 Å². The van der Waals surface area contributed by atoms with Gasteiger partial charge in [0.2, 0.25) is 0 Å². The van der Waals surface area contributed by atoms with E-state index < -0.39 is 5.97 Å². The van der Waals surface area contributed by atoms with Gasteiger partial charge in [-0.1, -0.05) is 41.9 Å². The van der Waals surface area contributed by atoms with Crippen molar-refractivity contribution in [1.29, 1.82) is 0 Å². The van der Waals surface area contributed by atoms with Gasteiger partial charge in [0.25, 0.3) is 0 Å². The van der Waals surface area contributed by atoms with Gasteiger partial charge in [0.05, 0.1) is 24.2 Å². The molecule has 0 aliphatic heterocycles. The molecule has 128 valence electrons. The van der Waals surface area contributed by atoms with Crippen LogP contribution in [0.1, 0.15) is 12.1 Å². The Kier molecular flexibility index (Phi) is 5.10. The first-order chi connectivity index (χ1) is 12.1. The standard InChI is InChI=1S/C20H18ClNO3/c1-25-19-11-8-16(13-17(19)21)22-15(9-12-20(23)24)7-10-18(22)14-5-3-2-4-6-14/h2-8,10-11,13H,9,12H2,1H3,(H,23,24). The van der Waals surface area contributed by atoms with Gasteiger partial charge >= 0.3 is 5.97 Å². The largest absolute Gasteiger partial charge is 0.495 e. The van der Waals surface area contributed by atoms with Crippen LogP contribution in [0.2, 0.25) is 5.02 Å². The lowest BCUT2D eigenvalue weighted by molar-refractivity contribution is -0.136. The number of ether oxygens (including phenoxy) is 1. The molecule has 3 rings (SSSR count). The summed E-state index contributed by atoms with van der Waals surface area (Å²) < 4.78 is 7.27. The van der Waals surface area contributed by atoms with E-state index in [1.807, 2.05) is 65.2 Å². The number of hydrogen-bond donors (Lipinski definition) is 1. The van der Waals surface area contributed by atoms with E-state index in [-0.39, 0.29) is 6.42 Å². The number of halogens is 1. The van der Waals surface area contributed by atoms with Crippen LogP contribution in [-0.2, 0) is 11.2 Å². The number of aliphatic carboxylic acids is 1. The molecule has 0 radical (unpaired) electrons. The van der Waals surface area contributed by atoms with E-state index in [1.165, 1.54) is 0 Å². The molecule has 0 spiro atoms. The molecule has 0 fully saturated rings. The maximum Gasteiger partial charge on any atom is 0.303 e. The van der Waals surface area contributed by atoms with Crippen LogP contribution in [0.4, 0.5) is 0 Å². The highest BCUT2D eigenvalue weighted by Gasteiger charge is 2.14. The van der Waals surface area contributed by atoms with Crippen molar-refractivity contribution in [3.05, 3.63) is 71.4 Å². The second-order valence-corrected chi connectivity index (χ2v) is 6.03. The number of benzene rings is 2. The summed E-state index contributed by atoms with van der Waals surface area (Å²) in [6, 6.07) is 19.5. The Labute approximate surface area is 151 Å². The van der Waals surface area contributed by atoms with Crippen LogP contribution in [0.5, 0.6) is 5.75 Å². The number of hydrogen-bond acceptors (Lipinski definition) is 2. The molecule has 1 heterocycles. The number of methoxy groups -OCH3 is 1. The van der Waals surface area contributed by atoms with Crippen molar-refractivity contribution >= 4 is 17.6 Å². The molecule has 0 aliphatic carbocycles. The fraction of sp³-hybridized carbons (Fsp3) is 0.150. The summed E-state index contributed by atoms with van der Waals surface area (Å²) in [5.41, 5.74) is 3.83. The quantitative estimate of drug-likeness (QED) is 0.689. The summed E-state index contributed by atoms with van der Waals surface area (Å²) in [5.74, 6) is -0.215. The van der Waals surface area contributed by atoms with Crippen molar-refractivity contribution in [2.24, 2.45) is 0 Å². The molecule has 0 saturated heterocycles. The first-order valence-corrected chi connectivity index (χ1v) is 8.29. The van der Waals surface area contributed by atoms with Gasteiger partial charge < -0.3 is 14.4 Å². The molecular formula is C20H18ClNO3. The predicted molar refractivity (Wildman–Crippen MR) is 98.7 cm³/mol. The first-order valence-electron chi connectivity index (χ1n) is 7.92. The average Bonchev–Trinajstić information content (AvgIpc) is 3.04. The van der Waals surface area contributed by atoms with E-state index in [0.717, 1.165) is 22.6 Å². The maximum atomic E-state index is 11.0. The van der Waals surface area contributed by atoms with Crippen LogP contribution in [0.15, 0.2) is 60.7 Å². The van der Waals surface area contributed by atoms with Gasteiger partial charge in [-0.2, -0.15) is 0 Å². The minimum atomic E-state index is -0.818. The smallest absolute Gasteiger partial charge is 0.303 e. The molecule has 0 aliphatic rings. The lowest BCUT2D eigenvalue weighted by Crippen LogP contribution is -2.05. The normalized spacial score (nSPS) is 10.6. The van der Waals surface area contributed by atoms with Crippen LogP contribution in [-0.4, -0.2) is 22.8 Å². The zero-order chi connectivity index (χ0) is 17.8. The van der Waals surface area contributed by atoms with Gasteiger partial charge in [-0.05, 0) is 42.3 Å². The van der Waals surface area contributed by atoms with Crippen LogP contribution in [0.25, 0.3) is 16.9 Å². The SMILES string of the molecule is COc1ccc(-n2c(CCC(=O)O)ccc2-c2ccccc2)cc1Cl. The Morgan fingerprint density at radius 1 is 1.12 bits per heavy atom. The average molecular weight is 356 g/mol. The Morgan fingerprint density at radius 2 is 1.88 bits per heavy atom. The summed E-state index contributed by atoms with van der Waals surface area (Å²) in [6.45, 7) is 0. The van der Waals surface area contributed by atoms with Crippen LogP contribution in [0.3, 0.4) is 0 Å². The molecule has 5 heteroatoms. The highest BCUT2D eigenvalue weighted by Crippen LogP contribution is 2.32. The van der Waals surface area contributed by atoms with Crippen LogP contribution < -0.4 is 4.74 Å². The van der Waals surface area contributed by atoms with E-state index in [2.05, 4.69) is 0 Å². The first kappa shape index (κ1) is 17.1. The minimum Gasteiger partial charge on any atom is -0.495 e. The Hall–Kier alpha value is -2.72. The molecule has 25 heavy (non-hydrogen) atoms. The molecule has 0 atom stereocenters. The lowest BCUT2D eigenvalue weighted by Gasteiger charge is -2.15. The maximum absolute atomic E-state index is 11.0. The third-order valence-electron chi connectivity index (χ3n) is 4.02. The fourth-order valence-electron chi connectivity index (χ4n) is 2.84. The highest BCUT2D eigenvalue weighted by molar-refractivity contribution is 6.32. The molecule has 2 aromatic carbocycles. The summed E-state index contributed by atoms with van der Waals surface area (Å²) in [5, 5.41) is 9.54. The second kappa shape index (κ2) is 7.45. The zero-order valence-corrected chi connectivity index (χ0v) is 14.5. The van der Waals surface area contributed by atoms with Crippen molar-refractivity contribution in [3.8, 4) is 22.7 Å². The van der Waals surface area contributed by atoms with E-state index in [0.29, 0.717) is 17.2 Å². The third-order valence-corrected chi connectivity index (χ3v) is 4.32. The van der Waals surface area contributed by atoms with E-state index in [1.54, 1.807) is 7.11 Å². The van der Waals surface area contributed by atoms with Gasteiger partial charge in [-0.25, -0.2) is 0 Å². The number of aryl methyl sites for hydroxylation is 1. The van der Waals surface area contributed by atoms with Crippen molar-refractivity contribution in [2.75, 3.05) is 7.11 Å². The zero-order valence-electron chi connectivity index (χ0n) is 13.8. The molecule has 1 N–H and O–H groups in total. The molecule has 4 nitrogen and oxygen atoms in total. The Bertz CT molecular complexity index is 887. The summed E-state index contributed by atoms with van der Waals surface area (Å²) >= 11 is 6.29. The monoisotopic (exact) mass is 355 g/mol. The number of carbonyl (C=O) groups is 1. The van der Waals surface area contributed by atoms with Gasteiger partial charge in [0.1, 0.15) is 5.75 Å². The second-order valence-electron chi connectivity index (χ2n) is 5.62.